The minimum atomic E-state index is -1.27. The SMILES string of the molecule is C[C@](Cc1c[nH]c2ccccc12)(NS(=O)C12CC3CC(CC(C3)C1)C2)C(=O)NCCc1ccccc1. The van der Waals surface area contributed by atoms with E-state index in [1.54, 1.807) is 0 Å². The molecule has 7 rings (SSSR count). The quantitative estimate of drug-likeness (QED) is 0.382. The predicted octanol–water partition coefficient (Wildman–Crippen LogP) is 5.05. The summed E-state index contributed by atoms with van der Waals surface area (Å²) in [5, 5.41) is 4.28. The first-order valence-electron chi connectivity index (χ1n) is 13.5. The molecule has 4 aliphatic carbocycles. The maximum atomic E-state index is 14.1. The summed E-state index contributed by atoms with van der Waals surface area (Å²) in [5.74, 6) is 2.05. The molecule has 1 aromatic heterocycles. The zero-order chi connectivity index (χ0) is 24.8. The van der Waals surface area contributed by atoms with Crippen LogP contribution in [0, 0.1) is 17.8 Å². The molecule has 4 fully saturated rings. The van der Waals surface area contributed by atoms with E-state index in [1.165, 1.54) is 24.8 Å². The maximum absolute atomic E-state index is 14.1. The first-order valence-corrected chi connectivity index (χ1v) is 14.6. The molecule has 2 aromatic carbocycles. The molecule has 3 aromatic rings. The Morgan fingerprint density at radius 3 is 2.33 bits per heavy atom. The normalized spacial score (nSPS) is 29.2. The van der Waals surface area contributed by atoms with Crippen molar-refractivity contribution < 1.29 is 9.00 Å². The number of H-pyrrole nitrogens is 1. The third kappa shape index (κ3) is 4.54. The van der Waals surface area contributed by atoms with Gasteiger partial charge in [-0.2, -0.15) is 0 Å². The molecule has 1 heterocycles. The minimum absolute atomic E-state index is 0.0817. The van der Waals surface area contributed by atoms with E-state index in [2.05, 4.69) is 39.3 Å². The highest BCUT2D eigenvalue weighted by molar-refractivity contribution is 7.84. The van der Waals surface area contributed by atoms with Crippen LogP contribution in [0.15, 0.2) is 60.8 Å². The molecular formula is C30H37N3O2S. The van der Waals surface area contributed by atoms with Gasteiger partial charge in [-0.05, 0) is 86.8 Å². The number of fused-ring (bicyclic) bond motifs is 1. The largest absolute Gasteiger partial charge is 0.361 e. The molecule has 4 bridgehead atoms. The van der Waals surface area contributed by atoms with Gasteiger partial charge in [0.05, 0.1) is 15.7 Å². The predicted molar refractivity (Wildman–Crippen MR) is 146 cm³/mol. The number of hydrogen-bond donors (Lipinski definition) is 3. The van der Waals surface area contributed by atoms with Crippen LogP contribution in [0.3, 0.4) is 0 Å². The molecule has 1 amide bonds. The molecule has 2 atom stereocenters. The van der Waals surface area contributed by atoms with Crippen molar-refractivity contribution in [2.45, 2.75) is 68.6 Å². The summed E-state index contributed by atoms with van der Waals surface area (Å²) in [5.41, 5.74) is 2.35. The van der Waals surface area contributed by atoms with Gasteiger partial charge in [-0.3, -0.25) is 4.79 Å². The number of rotatable bonds is 9. The summed E-state index contributed by atoms with van der Waals surface area (Å²) < 4.78 is 17.4. The molecule has 4 saturated carbocycles. The summed E-state index contributed by atoms with van der Waals surface area (Å²) in [7, 11) is -1.27. The van der Waals surface area contributed by atoms with E-state index in [0.717, 1.165) is 42.1 Å². The number of aromatic amines is 1. The summed E-state index contributed by atoms with van der Waals surface area (Å²) in [4.78, 5) is 17.1. The van der Waals surface area contributed by atoms with Crippen molar-refractivity contribution in [2.24, 2.45) is 17.8 Å². The lowest BCUT2D eigenvalue weighted by Crippen LogP contribution is -2.63. The highest BCUT2D eigenvalue weighted by Gasteiger charge is 2.55. The number of benzene rings is 2. The second-order valence-corrected chi connectivity index (χ2v) is 13.4. The lowest BCUT2D eigenvalue weighted by atomic mass is 9.56. The zero-order valence-corrected chi connectivity index (χ0v) is 21.9. The Hall–Kier alpha value is -2.44. The number of aromatic nitrogens is 1. The van der Waals surface area contributed by atoms with Crippen molar-refractivity contribution in [2.75, 3.05) is 6.54 Å². The van der Waals surface area contributed by atoms with Gasteiger partial charge in [-0.15, -0.1) is 0 Å². The molecule has 36 heavy (non-hydrogen) atoms. The van der Waals surface area contributed by atoms with Gasteiger partial charge in [0.2, 0.25) is 5.91 Å². The highest BCUT2D eigenvalue weighted by Crippen LogP contribution is 2.57. The Kier molecular flexibility index (Phi) is 6.29. The van der Waals surface area contributed by atoms with Crippen LogP contribution in [-0.2, 0) is 28.6 Å². The third-order valence-corrected chi connectivity index (χ3v) is 10.9. The molecule has 190 valence electrons. The minimum Gasteiger partial charge on any atom is -0.361 e. The first-order chi connectivity index (χ1) is 17.4. The van der Waals surface area contributed by atoms with Crippen LogP contribution in [0.1, 0.15) is 56.6 Å². The van der Waals surface area contributed by atoms with E-state index >= 15 is 0 Å². The van der Waals surface area contributed by atoms with Gasteiger partial charge >= 0.3 is 0 Å². The van der Waals surface area contributed by atoms with Gasteiger partial charge in [-0.25, -0.2) is 8.93 Å². The second-order valence-electron chi connectivity index (χ2n) is 11.8. The van der Waals surface area contributed by atoms with Crippen LogP contribution in [0.4, 0.5) is 0 Å². The van der Waals surface area contributed by atoms with Gasteiger partial charge in [0.15, 0.2) is 0 Å². The van der Waals surface area contributed by atoms with Gasteiger partial charge < -0.3 is 10.3 Å². The number of amides is 1. The van der Waals surface area contributed by atoms with Crippen LogP contribution >= 0.6 is 0 Å². The van der Waals surface area contributed by atoms with Crippen molar-refractivity contribution in [1.82, 2.24) is 15.0 Å². The highest BCUT2D eigenvalue weighted by atomic mass is 32.2. The number of nitrogens with one attached hydrogen (secondary N) is 3. The summed E-state index contributed by atoms with van der Waals surface area (Å²) >= 11 is 0. The van der Waals surface area contributed by atoms with Crippen LogP contribution in [0.5, 0.6) is 0 Å². The lowest BCUT2D eigenvalue weighted by Gasteiger charge is -2.56. The molecule has 6 heteroatoms. The molecule has 4 aliphatic rings. The Morgan fingerprint density at radius 2 is 1.64 bits per heavy atom. The Bertz CT molecular complexity index is 1230. The zero-order valence-electron chi connectivity index (χ0n) is 21.1. The molecule has 0 spiro atoms. The van der Waals surface area contributed by atoms with E-state index in [0.29, 0.717) is 30.7 Å². The van der Waals surface area contributed by atoms with Crippen molar-refractivity contribution in [1.29, 1.82) is 0 Å². The number of hydrogen-bond acceptors (Lipinski definition) is 2. The number of para-hydroxylation sites is 1. The van der Waals surface area contributed by atoms with Crippen molar-refractivity contribution >= 4 is 27.8 Å². The molecule has 1 unspecified atom stereocenters. The number of carbonyl (C=O) groups excluding carboxylic acids is 1. The van der Waals surface area contributed by atoms with Gasteiger partial charge in [0.1, 0.15) is 5.54 Å². The van der Waals surface area contributed by atoms with Crippen molar-refractivity contribution in [3.05, 3.63) is 71.9 Å². The van der Waals surface area contributed by atoms with Crippen molar-refractivity contribution in [3.8, 4) is 0 Å². The molecular weight excluding hydrogens is 466 g/mol. The molecule has 0 aliphatic heterocycles. The maximum Gasteiger partial charge on any atom is 0.241 e. The van der Waals surface area contributed by atoms with Gasteiger partial charge in [-0.1, -0.05) is 48.5 Å². The van der Waals surface area contributed by atoms with Gasteiger partial charge in [0.25, 0.3) is 0 Å². The standard InChI is InChI=1S/C30H37N3O2S/c1-29(19-25-20-32-27-10-6-5-9-26(25)27,28(34)31-12-11-21-7-3-2-4-8-21)33-36(35)30-16-22-13-23(17-30)15-24(14-22)18-30/h2-10,20,22-24,32-33H,11-19H2,1H3,(H,31,34)/t22?,23?,24?,29-,30?,36?/m1/s1. The number of carbonyl (C=O) groups is 1. The molecule has 5 nitrogen and oxygen atoms in total. The summed E-state index contributed by atoms with van der Waals surface area (Å²) in [6, 6.07) is 18.4. The molecule has 3 N–H and O–H groups in total. The third-order valence-electron chi connectivity index (χ3n) is 8.96. The van der Waals surface area contributed by atoms with E-state index in [1.807, 2.05) is 43.5 Å². The molecule has 0 radical (unpaired) electrons. The Morgan fingerprint density at radius 1 is 1.00 bits per heavy atom. The molecule has 0 saturated heterocycles. The first kappa shape index (κ1) is 23.9. The lowest BCUT2D eigenvalue weighted by molar-refractivity contribution is -0.126. The second kappa shape index (κ2) is 9.46. The fraction of sp³-hybridized carbons (Fsp3) is 0.500. The van der Waals surface area contributed by atoms with E-state index in [9.17, 15) is 9.00 Å². The van der Waals surface area contributed by atoms with Crippen LogP contribution in [-0.4, -0.2) is 31.9 Å². The van der Waals surface area contributed by atoms with Crippen LogP contribution < -0.4 is 10.0 Å². The monoisotopic (exact) mass is 503 g/mol. The fourth-order valence-corrected chi connectivity index (χ4v) is 9.50. The average Bonchev–Trinajstić information content (AvgIpc) is 3.26. The fourth-order valence-electron chi connectivity index (χ4n) is 7.55. The summed E-state index contributed by atoms with van der Waals surface area (Å²) in [6.07, 6.45) is 10.3. The van der Waals surface area contributed by atoms with Crippen LogP contribution in [0.25, 0.3) is 10.9 Å². The van der Waals surface area contributed by atoms with Crippen LogP contribution in [0.2, 0.25) is 0 Å². The van der Waals surface area contributed by atoms with E-state index < -0.39 is 16.5 Å². The summed E-state index contributed by atoms with van der Waals surface area (Å²) in [6.45, 7) is 2.49. The van der Waals surface area contributed by atoms with E-state index in [4.69, 9.17) is 0 Å². The topological polar surface area (TPSA) is 74.0 Å². The van der Waals surface area contributed by atoms with E-state index in [-0.39, 0.29) is 10.7 Å². The van der Waals surface area contributed by atoms with Crippen molar-refractivity contribution in [3.63, 3.8) is 0 Å². The Labute approximate surface area is 216 Å². The Balaban J connectivity index is 1.24. The smallest absolute Gasteiger partial charge is 0.241 e. The average molecular weight is 504 g/mol. The van der Waals surface area contributed by atoms with Gasteiger partial charge in [0, 0.05) is 30.1 Å².